The maximum atomic E-state index is 14.4. The molecule has 2 aromatic carbocycles. The molecule has 22 heteroatoms. The molecule has 0 aliphatic heterocycles. The van der Waals surface area contributed by atoms with Crippen molar-refractivity contribution in [3.8, 4) is 5.75 Å². The highest BCUT2D eigenvalue weighted by molar-refractivity contribution is 14.1. The maximum absolute atomic E-state index is 14.4. The van der Waals surface area contributed by atoms with Crippen LogP contribution >= 0.6 is 22.6 Å². The van der Waals surface area contributed by atoms with E-state index >= 15 is 0 Å². The van der Waals surface area contributed by atoms with Gasteiger partial charge in [-0.05, 0) is 109 Å². The number of phenolic OH excluding ortho intramolecular Hbond substituents is 1. The van der Waals surface area contributed by atoms with Crippen molar-refractivity contribution in [1.29, 1.82) is 0 Å². The van der Waals surface area contributed by atoms with E-state index in [1.54, 1.807) is 12.1 Å². The van der Waals surface area contributed by atoms with E-state index in [1.165, 1.54) is 37.3 Å². The molecule has 1 fully saturated rings. The zero-order chi connectivity index (χ0) is 48.1. The van der Waals surface area contributed by atoms with E-state index in [0.717, 1.165) is 32.1 Å². The molecule has 358 valence electrons. The third-order valence-electron chi connectivity index (χ3n) is 10.8. The number of nitrogens with one attached hydrogen (secondary N) is 5. The summed E-state index contributed by atoms with van der Waals surface area (Å²) < 4.78 is 14.3. The third-order valence-corrected chi connectivity index (χ3v) is 11.7. The standard InChI is InChI=1S/C43H65FIN13O7/c1-24(46)37(61)57-33(22-26-12-15-28(44)16-13-26)40(64)55-31(11-7-19-53-43(50)51)39(63)58-34(21-25-8-3-2-4-9-25)41(65)54-30(10-5-6-18-52-42(48)49)38(62)56-32(36(47)60)23-27-14-17-35(59)29(45)20-27/h12-17,20,24-25,30-34,59H,2-11,18-19,21-23,46H2,1H3,(H2,47,60)(H,54,65)(H,55,64)(H,56,62)(H,57,61)(H,58,63)(H4,48,49,52)(H4,50,51,53)/t24-,30-,31-,32-,33-,34-/m0/s1. The van der Waals surface area contributed by atoms with E-state index in [-0.39, 0.29) is 75.2 Å². The molecule has 65 heavy (non-hydrogen) atoms. The fourth-order valence-corrected chi connectivity index (χ4v) is 7.87. The first-order valence-electron chi connectivity index (χ1n) is 21.7. The van der Waals surface area contributed by atoms with E-state index in [0.29, 0.717) is 27.5 Å². The molecule has 0 aromatic heterocycles. The van der Waals surface area contributed by atoms with Crippen LogP contribution in [0.2, 0.25) is 0 Å². The van der Waals surface area contributed by atoms with E-state index in [9.17, 15) is 38.3 Å². The van der Waals surface area contributed by atoms with Gasteiger partial charge in [-0.25, -0.2) is 4.39 Å². The van der Waals surface area contributed by atoms with Crippen molar-refractivity contribution in [2.75, 3.05) is 13.1 Å². The Kier molecular flexibility index (Phi) is 22.7. The summed E-state index contributed by atoms with van der Waals surface area (Å²) >= 11 is 1.94. The summed E-state index contributed by atoms with van der Waals surface area (Å²) in [7, 11) is 0. The van der Waals surface area contributed by atoms with Gasteiger partial charge in [0.1, 0.15) is 41.8 Å². The van der Waals surface area contributed by atoms with Crippen LogP contribution in [-0.2, 0) is 41.6 Å². The molecule has 3 rings (SSSR count). The Morgan fingerprint density at radius 2 is 1.14 bits per heavy atom. The highest BCUT2D eigenvalue weighted by atomic mass is 127. The molecule has 0 heterocycles. The number of rotatable bonds is 26. The summed E-state index contributed by atoms with van der Waals surface area (Å²) in [6, 6.07) is 3.00. The summed E-state index contributed by atoms with van der Waals surface area (Å²) in [4.78, 5) is 90.1. The van der Waals surface area contributed by atoms with Crippen LogP contribution in [0, 0.1) is 15.3 Å². The second-order valence-corrected chi connectivity index (χ2v) is 17.5. The van der Waals surface area contributed by atoms with E-state index in [1.807, 2.05) is 22.6 Å². The number of amides is 6. The highest BCUT2D eigenvalue weighted by Gasteiger charge is 2.34. The van der Waals surface area contributed by atoms with E-state index in [4.69, 9.17) is 34.4 Å². The molecule has 0 saturated heterocycles. The first kappa shape index (κ1) is 53.6. The van der Waals surface area contributed by atoms with Crippen LogP contribution in [0.1, 0.15) is 88.7 Å². The Balaban J connectivity index is 1.93. The largest absolute Gasteiger partial charge is 0.507 e. The van der Waals surface area contributed by atoms with Gasteiger partial charge >= 0.3 is 0 Å². The van der Waals surface area contributed by atoms with Gasteiger partial charge in [-0.1, -0.05) is 50.3 Å². The Bertz CT molecular complexity index is 1970. The van der Waals surface area contributed by atoms with Crippen LogP contribution in [-0.4, -0.2) is 102 Å². The fourth-order valence-electron chi connectivity index (χ4n) is 7.29. The predicted octanol–water partition coefficient (Wildman–Crippen LogP) is -0.355. The number of guanidine groups is 2. The number of hydrogen-bond acceptors (Lipinski definition) is 10. The minimum atomic E-state index is -1.27. The van der Waals surface area contributed by atoms with Gasteiger partial charge in [-0.15, -0.1) is 0 Å². The molecule has 20 nitrogen and oxygen atoms in total. The van der Waals surface area contributed by atoms with Crippen molar-refractivity contribution in [2.45, 2.75) is 127 Å². The Morgan fingerprint density at radius 3 is 1.69 bits per heavy atom. The molecule has 1 saturated carbocycles. The van der Waals surface area contributed by atoms with Crippen molar-refractivity contribution >= 4 is 70.0 Å². The Hall–Kier alpha value is -5.78. The monoisotopic (exact) mass is 1020 g/mol. The maximum Gasteiger partial charge on any atom is 0.243 e. The number of hydrogen-bond donors (Lipinski definition) is 12. The highest BCUT2D eigenvalue weighted by Crippen LogP contribution is 2.28. The van der Waals surface area contributed by atoms with Crippen molar-refractivity contribution in [1.82, 2.24) is 26.6 Å². The van der Waals surface area contributed by atoms with Crippen LogP contribution in [0.15, 0.2) is 52.4 Å². The van der Waals surface area contributed by atoms with Crippen molar-refractivity contribution in [2.24, 2.45) is 50.3 Å². The SMILES string of the molecule is C[C@H](N)C(=O)N[C@@H](Cc1ccc(F)cc1)C(=O)N[C@@H](CCCN=C(N)N)C(=O)N[C@@H](CC1CCCCC1)C(=O)N[C@@H](CCCCN=C(N)N)C(=O)N[C@@H](Cc1ccc(O)c(I)c1)C(N)=O. The van der Waals surface area contributed by atoms with E-state index < -0.39 is 77.5 Å². The summed E-state index contributed by atoms with van der Waals surface area (Å²) in [6.07, 6.45) is 5.75. The van der Waals surface area contributed by atoms with Gasteiger partial charge in [-0.3, -0.25) is 38.8 Å². The van der Waals surface area contributed by atoms with Gasteiger partial charge in [0.2, 0.25) is 35.4 Å². The zero-order valence-electron chi connectivity index (χ0n) is 36.7. The van der Waals surface area contributed by atoms with Gasteiger partial charge in [0.25, 0.3) is 0 Å². The molecule has 1 aliphatic rings. The average molecular weight is 1020 g/mol. The molecule has 2 aromatic rings. The number of benzene rings is 2. The molecule has 6 amide bonds. The first-order valence-corrected chi connectivity index (χ1v) is 22.8. The molecular weight excluding hydrogens is 956 g/mol. The minimum absolute atomic E-state index is 0.00114. The summed E-state index contributed by atoms with van der Waals surface area (Å²) in [5.41, 5.74) is 34.7. The molecular formula is C43H65FIN13O7. The minimum Gasteiger partial charge on any atom is -0.507 e. The molecule has 0 spiro atoms. The van der Waals surface area contributed by atoms with Gasteiger partial charge in [0, 0.05) is 25.9 Å². The van der Waals surface area contributed by atoms with Gasteiger partial charge in [-0.2, -0.15) is 0 Å². The zero-order valence-corrected chi connectivity index (χ0v) is 38.9. The summed E-state index contributed by atoms with van der Waals surface area (Å²) in [5, 5.41) is 23.6. The first-order chi connectivity index (χ1) is 30.8. The Labute approximate surface area is 392 Å². The second kappa shape index (κ2) is 27.5. The second-order valence-electron chi connectivity index (χ2n) is 16.3. The predicted molar refractivity (Wildman–Crippen MR) is 253 cm³/mol. The molecule has 0 bridgehead atoms. The number of aromatic hydroxyl groups is 1. The van der Waals surface area contributed by atoms with Gasteiger partial charge < -0.3 is 66.1 Å². The van der Waals surface area contributed by atoms with Crippen molar-refractivity contribution < 1.29 is 38.3 Å². The normalized spacial score (nSPS) is 15.4. The molecule has 18 N–H and O–H groups in total. The number of phenols is 1. The van der Waals surface area contributed by atoms with Crippen LogP contribution in [0.3, 0.4) is 0 Å². The number of unbranched alkanes of at least 4 members (excludes halogenated alkanes) is 1. The van der Waals surface area contributed by atoms with Crippen molar-refractivity contribution in [3.05, 3.63) is 63.0 Å². The van der Waals surface area contributed by atoms with Crippen LogP contribution in [0.25, 0.3) is 0 Å². The van der Waals surface area contributed by atoms with Crippen LogP contribution in [0.4, 0.5) is 4.39 Å². The van der Waals surface area contributed by atoms with Gasteiger partial charge in [0.15, 0.2) is 11.9 Å². The van der Waals surface area contributed by atoms with Gasteiger partial charge in [0.05, 0.1) is 9.61 Å². The number of nitrogens with zero attached hydrogens (tertiary/aromatic N) is 2. The molecule has 0 radical (unpaired) electrons. The number of carbonyl (C=O) groups is 6. The lowest BCUT2D eigenvalue weighted by Gasteiger charge is -2.30. The lowest BCUT2D eigenvalue weighted by molar-refractivity contribution is -0.135. The summed E-state index contributed by atoms with van der Waals surface area (Å²) in [5.74, 6) is -5.02. The molecule has 6 atom stereocenters. The molecule has 0 unspecified atom stereocenters. The quantitative estimate of drug-likeness (QED) is 0.0249. The average Bonchev–Trinajstić information content (AvgIpc) is 3.25. The lowest BCUT2D eigenvalue weighted by Crippen LogP contribution is -2.60. The summed E-state index contributed by atoms with van der Waals surface area (Å²) in [6.45, 7) is 1.80. The topological polar surface area (TPSA) is 364 Å². The number of aliphatic imine (C=N–C) groups is 2. The lowest BCUT2D eigenvalue weighted by atomic mass is 9.84. The van der Waals surface area contributed by atoms with E-state index in [2.05, 4.69) is 36.6 Å². The fraction of sp³-hybridized carbons (Fsp3) is 0.535. The van der Waals surface area contributed by atoms with Crippen molar-refractivity contribution in [3.63, 3.8) is 0 Å². The Morgan fingerprint density at radius 1 is 0.662 bits per heavy atom. The molecule has 1 aliphatic carbocycles. The third kappa shape index (κ3) is 19.9. The number of nitrogens with two attached hydrogens (primary N) is 6. The number of halogens is 2. The number of primary amides is 1. The van der Waals surface area contributed by atoms with Crippen LogP contribution in [0.5, 0.6) is 5.75 Å². The van der Waals surface area contributed by atoms with Crippen LogP contribution < -0.4 is 61.0 Å². The smallest absolute Gasteiger partial charge is 0.243 e. The number of carbonyl (C=O) groups excluding carboxylic acids is 6.